The van der Waals surface area contributed by atoms with Crippen molar-refractivity contribution >= 4 is 75.0 Å². The van der Waals surface area contributed by atoms with E-state index in [-0.39, 0.29) is 28.5 Å². The summed E-state index contributed by atoms with van der Waals surface area (Å²) in [7, 11) is 0. The number of carboxylic acid groups (broad SMARTS) is 1. The van der Waals surface area contributed by atoms with Gasteiger partial charge in [0, 0.05) is 23.0 Å². The number of carboxylic acids is 1. The molecule has 196 valence electrons. The number of nitrogens with one attached hydrogen (secondary N) is 1. The summed E-state index contributed by atoms with van der Waals surface area (Å²) < 4.78 is 4.79. The molecule has 1 unspecified atom stereocenters. The van der Waals surface area contributed by atoms with Gasteiger partial charge in [0.15, 0.2) is 9.47 Å². The lowest BCUT2D eigenvalue weighted by molar-refractivity contribution is -0.150. The third-order valence-electron chi connectivity index (χ3n) is 5.88. The highest BCUT2D eigenvalue weighted by atomic mass is 32.2. The normalized spacial score (nSPS) is 22.1. The van der Waals surface area contributed by atoms with Crippen LogP contribution in [-0.2, 0) is 19.2 Å². The lowest BCUT2D eigenvalue weighted by Crippen LogP contribution is -2.71. The smallest absolute Gasteiger partial charge is 0.352 e. The Balaban J connectivity index is 1.30. The van der Waals surface area contributed by atoms with Gasteiger partial charge in [-0.05, 0) is 38.2 Å². The second-order valence-corrected chi connectivity index (χ2v) is 12.7. The van der Waals surface area contributed by atoms with Crippen molar-refractivity contribution in [3.63, 3.8) is 0 Å². The molecule has 2 atom stereocenters. The van der Waals surface area contributed by atoms with E-state index < -0.39 is 29.2 Å². The van der Waals surface area contributed by atoms with Gasteiger partial charge in [0.25, 0.3) is 11.8 Å². The van der Waals surface area contributed by atoms with Crippen LogP contribution in [-0.4, -0.2) is 82.1 Å². The Morgan fingerprint density at radius 3 is 2.76 bits per heavy atom. The fourth-order valence-corrected chi connectivity index (χ4v) is 7.86. The van der Waals surface area contributed by atoms with Crippen molar-refractivity contribution in [1.29, 1.82) is 0 Å². The van der Waals surface area contributed by atoms with E-state index >= 15 is 0 Å². The molecule has 5 rings (SSSR count). The topological polar surface area (TPSA) is 186 Å². The van der Waals surface area contributed by atoms with Crippen LogP contribution in [0.25, 0.3) is 0 Å². The standard InChI is InChI=1S/C20H22N8O5S4/c1-8-24-25-20(36-8)35-7-9-6-34-17-12(16(30)28(17)13(9)18(31)32)22-15(29)11(14-23-19(21)37-27-14)26-33-10-4-2-3-5-10/h10,12,17H,2-7H2,1H3,(H,22,29)(H,31,32)(H2,21,23,27)/t12?,17-/m0/s1. The Kier molecular flexibility index (Phi) is 7.64. The molecule has 1 aliphatic carbocycles. The maximum atomic E-state index is 13.2. The average Bonchev–Trinajstić information content (AvgIpc) is 3.64. The summed E-state index contributed by atoms with van der Waals surface area (Å²) in [5.41, 5.74) is 6.07. The summed E-state index contributed by atoms with van der Waals surface area (Å²) in [4.78, 5) is 49.1. The molecule has 2 aromatic rings. The van der Waals surface area contributed by atoms with Crippen molar-refractivity contribution in [2.45, 2.75) is 54.5 Å². The first-order valence-corrected chi connectivity index (χ1v) is 14.9. The summed E-state index contributed by atoms with van der Waals surface area (Å²) in [6, 6.07) is -0.931. The first kappa shape index (κ1) is 25.9. The second-order valence-electron chi connectivity index (χ2n) is 8.40. The number of β-lactam (4-membered cyclic amide) rings is 1. The molecule has 1 saturated heterocycles. The second kappa shape index (κ2) is 10.9. The number of carbonyl (C=O) groups is 3. The lowest BCUT2D eigenvalue weighted by Gasteiger charge is -2.49. The number of carbonyl (C=O) groups excluding carboxylic acids is 2. The van der Waals surface area contributed by atoms with Crippen molar-refractivity contribution in [2.75, 3.05) is 17.2 Å². The summed E-state index contributed by atoms with van der Waals surface area (Å²) >= 11 is 5.10. The molecule has 4 N–H and O–H groups in total. The van der Waals surface area contributed by atoms with Crippen LogP contribution in [0.1, 0.15) is 36.5 Å². The van der Waals surface area contributed by atoms with E-state index in [1.807, 2.05) is 6.92 Å². The van der Waals surface area contributed by atoms with Gasteiger partial charge in [0.2, 0.25) is 11.5 Å². The predicted octanol–water partition coefficient (Wildman–Crippen LogP) is 1.47. The first-order chi connectivity index (χ1) is 17.8. The van der Waals surface area contributed by atoms with Crippen LogP contribution in [0.15, 0.2) is 20.8 Å². The maximum absolute atomic E-state index is 13.2. The molecule has 2 fully saturated rings. The number of rotatable bonds is 9. The van der Waals surface area contributed by atoms with Crippen LogP contribution in [0.3, 0.4) is 0 Å². The zero-order chi connectivity index (χ0) is 26.1. The van der Waals surface area contributed by atoms with Crippen molar-refractivity contribution in [2.24, 2.45) is 5.16 Å². The Hall–Kier alpha value is -2.76. The SMILES string of the molecule is Cc1nnc(SCC2=C(C(=O)O)N3C(=O)C(NC(=O)C(=NOC4CCCC4)c4nsc(N)n4)[C@@H]3SC2)s1. The van der Waals surface area contributed by atoms with Gasteiger partial charge in [-0.1, -0.05) is 28.3 Å². The molecule has 2 amide bonds. The summed E-state index contributed by atoms with van der Waals surface area (Å²) in [5.74, 6) is -1.63. The molecule has 37 heavy (non-hydrogen) atoms. The number of amides is 2. The fraction of sp³-hybridized carbons (Fsp3) is 0.500. The Morgan fingerprint density at radius 1 is 1.32 bits per heavy atom. The molecule has 13 nitrogen and oxygen atoms in total. The highest BCUT2D eigenvalue weighted by Gasteiger charge is 2.54. The number of hydrogen-bond donors (Lipinski definition) is 3. The molecule has 2 aromatic heterocycles. The number of nitrogens with two attached hydrogens (primary N) is 1. The van der Waals surface area contributed by atoms with Crippen LogP contribution in [0.4, 0.5) is 5.13 Å². The van der Waals surface area contributed by atoms with E-state index in [1.54, 1.807) is 0 Å². The zero-order valence-corrected chi connectivity index (χ0v) is 22.7. The number of hydrogen-bond acceptors (Lipinski definition) is 14. The lowest BCUT2D eigenvalue weighted by atomic mass is 10.0. The minimum Gasteiger partial charge on any atom is -0.477 e. The molecule has 17 heteroatoms. The van der Waals surface area contributed by atoms with Crippen molar-refractivity contribution in [3.05, 3.63) is 22.1 Å². The minimum absolute atomic E-state index is 0.00951. The number of anilines is 1. The fourth-order valence-electron chi connectivity index (χ4n) is 4.13. The van der Waals surface area contributed by atoms with Crippen molar-refractivity contribution < 1.29 is 24.3 Å². The van der Waals surface area contributed by atoms with E-state index in [9.17, 15) is 19.5 Å². The van der Waals surface area contributed by atoms with E-state index in [0.29, 0.717) is 17.1 Å². The Bertz CT molecular complexity index is 1290. The molecule has 4 heterocycles. The Labute approximate surface area is 227 Å². The number of nitrogens with zero attached hydrogens (tertiary/aromatic N) is 6. The van der Waals surface area contributed by atoms with Gasteiger partial charge in [-0.3, -0.25) is 14.5 Å². The third kappa shape index (κ3) is 5.44. The number of thioether (sulfide) groups is 2. The molecule has 0 spiro atoms. The van der Waals surface area contributed by atoms with Gasteiger partial charge in [-0.25, -0.2) is 4.79 Å². The molecule has 0 bridgehead atoms. The van der Waals surface area contributed by atoms with Crippen LogP contribution in [0.5, 0.6) is 0 Å². The summed E-state index contributed by atoms with van der Waals surface area (Å²) in [6.07, 6.45) is 3.62. The molecular weight excluding hydrogens is 561 g/mol. The number of aliphatic carboxylic acids is 1. The highest BCUT2D eigenvalue weighted by Crippen LogP contribution is 2.41. The molecule has 2 aliphatic heterocycles. The van der Waals surface area contributed by atoms with Gasteiger partial charge in [-0.2, -0.15) is 9.36 Å². The summed E-state index contributed by atoms with van der Waals surface area (Å²) in [5, 5.41) is 25.0. The Morgan fingerprint density at radius 2 is 2.11 bits per heavy atom. The van der Waals surface area contributed by atoms with Crippen molar-refractivity contribution in [3.8, 4) is 0 Å². The number of fused-ring (bicyclic) bond motifs is 1. The molecule has 0 radical (unpaired) electrons. The number of aromatic nitrogens is 4. The van der Waals surface area contributed by atoms with Gasteiger partial charge in [0.05, 0.1) is 0 Å². The van der Waals surface area contributed by atoms with Crippen LogP contribution < -0.4 is 11.1 Å². The van der Waals surface area contributed by atoms with E-state index in [4.69, 9.17) is 10.6 Å². The highest BCUT2D eigenvalue weighted by molar-refractivity contribution is 8.01. The first-order valence-electron chi connectivity index (χ1n) is 11.3. The number of aryl methyl sites for hydroxylation is 1. The zero-order valence-electron chi connectivity index (χ0n) is 19.4. The van der Waals surface area contributed by atoms with Crippen molar-refractivity contribution in [1.82, 2.24) is 29.8 Å². The van der Waals surface area contributed by atoms with E-state index in [1.165, 1.54) is 39.8 Å². The molecular formula is C20H22N8O5S4. The van der Waals surface area contributed by atoms with Crippen LogP contribution in [0, 0.1) is 6.92 Å². The largest absolute Gasteiger partial charge is 0.477 e. The molecule has 3 aliphatic rings. The van der Waals surface area contributed by atoms with Gasteiger partial charge in [-0.15, -0.1) is 22.0 Å². The minimum atomic E-state index is -1.19. The molecule has 1 saturated carbocycles. The van der Waals surface area contributed by atoms with Gasteiger partial charge < -0.3 is 21.0 Å². The maximum Gasteiger partial charge on any atom is 0.352 e. The summed E-state index contributed by atoms with van der Waals surface area (Å²) in [6.45, 7) is 1.84. The predicted molar refractivity (Wildman–Crippen MR) is 139 cm³/mol. The van der Waals surface area contributed by atoms with E-state index in [0.717, 1.165) is 46.6 Å². The van der Waals surface area contributed by atoms with Crippen LogP contribution >= 0.6 is 46.4 Å². The molecule has 0 aromatic carbocycles. The van der Waals surface area contributed by atoms with Gasteiger partial charge in [0.1, 0.15) is 28.2 Å². The monoisotopic (exact) mass is 582 g/mol. The average molecular weight is 583 g/mol. The number of nitrogen functional groups attached to an aromatic ring is 1. The number of oxime groups is 1. The quantitative estimate of drug-likeness (QED) is 0.168. The van der Waals surface area contributed by atoms with Crippen LogP contribution in [0.2, 0.25) is 0 Å². The third-order valence-corrected chi connectivity index (χ3v) is 9.82. The van der Waals surface area contributed by atoms with E-state index in [2.05, 4.69) is 30.0 Å². The van der Waals surface area contributed by atoms with Gasteiger partial charge >= 0.3 is 5.97 Å².